The Kier molecular flexibility index (Phi) is 17.9. The van der Waals surface area contributed by atoms with Crippen molar-refractivity contribution in [2.24, 2.45) is 5.41 Å². The molecule has 214 valence electrons. The molecule has 0 aromatic heterocycles. The highest BCUT2D eigenvalue weighted by Crippen LogP contribution is 2.22. The molecular formula is C28H46N4O6. The van der Waals surface area contributed by atoms with Gasteiger partial charge in [0.05, 0.1) is 12.5 Å². The van der Waals surface area contributed by atoms with Crippen LogP contribution in [0.1, 0.15) is 70.3 Å². The van der Waals surface area contributed by atoms with Crippen molar-refractivity contribution in [3.05, 3.63) is 29.3 Å². The molecular weight excluding hydrogens is 488 g/mol. The van der Waals surface area contributed by atoms with Gasteiger partial charge in [-0.2, -0.15) is 0 Å². The van der Waals surface area contributed by atoms with Crippen LogP contribution in [0.5, 0.6) is 0 Å². The maximum absolute atomic E-state index is 12.7. The van der Waals surface area contributed by atoms with Gasteiger partial charge in [-0.15, -0.1) is 12.8 Å². The summed E-state index contributed by atoms with van der Waals surface area (Å²) in [6.07, 6.45) is 9.94. The minimum atomic E-state index is -0.579. The van der Waals surface area contributed by atoms with Crippen LogP contribution in [0.15, 0.2) is 18.2 Å². The molecule has 10 heteroatoms. The lowest BCUT2D eigenvalue weighted by molar-refractivity contribution is -0.138. The average Bonchev–Trinajstić information content (AvgIpc) is 3.28. The molecule has 1 aliphatic heterocycles. The summed E-state index contributed by atoms with van der Waals surface area (Å²) < 4.78 is 4.61. The summed E-state index contributed by atoms with van der Waals surface area (Å²) in [6.45, 7) is 12.3. The van der Waals surface area contributed by atoms with Crippen LogP contribution in [-0.4, -0.2) is 73.1 Å². The summed E-state index contributed by atoms with van der Waals surface area (Å²) in [6, 6.07) is 4.55. The highest BCUT2D eigenvalue weighted by molar-refractivity contribution is 5.98. The van der Waals surface area contributed by atoms with Crippen LogP contribution in [0, 0.1) is 18.3 Å². The fourth-order valence-electron chi connectivity index (χ4n) is 3.47. The lowest BCUT2D eigenvalue weighted by Crippen LogP contribution is -2.54. The quantitative estimate of drug-likeness (QED) is 0.238. The van der Waals surface area contributed by atoms with Gasteiger partial charge in [0.15, 0.2) is 0 Å². The number of rotatable bonds is 7. The van der Waals surface area contributed by atoms with Crippen LogP contribution in [0.2, 0.25) is 0 Å². The molecule has 1 aliphatic rings. The molecule has 2 atom stereocenters. The van der Waals surface area contributed by atoms with E-state index < -0.39 is 6.04 Å². The second kappa shape index (κ2) is 18.6. The number of carbonyl (C=O) groups is 4. The van der Waals surface area contributed by atoms with Crippen LogP contribution in [0.25, 0.3) is 0 Å². The molecule has 38 heavy (non-hydrogen) atoms. The molecule has 10 nitrogen and oxygen atoms in total. The zero-order valence-electron chi connectivity index (χ0n) is 24.1. The van der Waals surface area contributed by atoms with Crippen LogP contribution < -0.4 is 16.4 Å². The van der Waals surface area contributed by atoms with E-state index in [-0.39, 0.29) is 35.1 Å². The van der Waals surface area contributed by atoms with Crippen molar-refractivity contribution in [3.63, 3.8) is 0 Å². The number of ether oxygens (including phenoxy) is 1. The highest BCUT2D eigenvalue weighted by Gasteiger charge is 2.34. The van der Waals surface area contributed by atoms with Gasteiger partial charge in [0.1, 0.15) is 12.6 Å². The van der Waals surface area contributed by atoms with E-state index in [4.69, 9.17) is 10.8 Å². The second-order valence-corrected chi connectivity index (χ2v) is 9.58. The number of nitrogens with zero attached hydrogens (tertiary/aromatic N) is 1. The Bertz CT molecular complexity index is 924. The first-order valence-corrected chi connectivity index (χ1v) is 12.4. The molecule has 0 saturated carbocycles. The van der Waals surface area contributed by atoms with Crippen LogP contribution in [0.3, 0.4) is 0 Å². The van der Waals surface area contributed by atoms with E-state index in [9.17, 15) is 19.2 Å². The van der Waals surface area contributed by atoms with Gasteiger partial charge in [-0.05, 0) is 42.0 Å². The number of cyclic esters (lactones) is 1. The summed E-state index contributed by atoms with van der Waals surface area (Å²) in [4.78, 5) is 47.9. The van der Waals surface area contributed by atoms with Crippen molar-refractivity contribution in [2.75, 3.05) is 33.0 Å². The number of hydrogen-bond donors (Lipinski definition) is 4. The number of aryl methyl sites for hydroxylation is 1. The van der Waals surface area contributed by atoms with Crippen molar-refractivity contribution in [3.8, 4) is 12.8 Å². The molecule has 1 saturated heterocycles. The molecule has 0 spiro atoms. The molecule has 0 bridgehead atoms. The van der Waals surface area contributed by atoms with E-state index in [1.54, 1.807) is 30.1 Å². The number of amides is 3. The van der Waals surface area contributed by atoms with Crippen molar-refractivity contribution < 1.29 is 29.0 Å². The second-order valence-electron chi connectivity index (χ2n) is 9.58. The average molecular weight is 535 g/mol. The Morgan fingerprint density at radius 3 is 2.21 bits per heavy atom. The molecule has 1 heterocycles. The van der Waals surface area contributed by atoms with Crippen molar-refractivity contribution in [1.29, 1.82) is 0 Å². The lowest BCUT2D eigenvalue weighted by atomic mass is 9.85. The number of nitrogen functional groups attached to an aromatic ring is 1. The zero-order valence-corrected chi connectivity index (χ0v) is 24.1. The molecule has 3 amide bonds. The fourth-order valence-corrected chi connectivity index (χ4v) is 3.47. The number of anilines is 1. The number of esters is 1. The predicted molar refractivity (Wildman–Crippen MR) is 150 cm³/mol. The van der Waals surface area contributed by atoms with E-state index in [2.05, 4.69) is 28.2 Å². The molecule has 5 N–H and O–H groups in total. The van der Waals surface area contributed by atoms with E-state index >= 15 is 0 Å². The van der Waals surface area contributed by atoms with Gasteiger partial charge in [-0.1, -0.05) is 34.6 Å². The number of carbonyl (C=O) groups excluding carboxylic acids is 4. The largest absolute Gasteiger partial charge is 0.463 e. The van der Waals surface area contributed by atoms with Crippen LogP contribution >= 0.6 is 0 Å². The third-order valence-corrected chi connectivity index (χ3v) is 5.38. The molecule has 1 fully saturated rings. The smallest absolute Gasteiger partial charge is 0.308 e. The Morgan fingerprint density at radius 1 is 1.21 bits per heavy atom. The number of benzene rings is 1. The number of nitrogens with one attached hydrogen (secondary N) is 2. The molecule has 0 radical (unpaired) electrons. The van der Waals surface area contributed by atoms with Gasteiger partial charge in [0.2, 0.25) is 11.8 Å². The third-order valence-electron chi connectivity index (χ3n) is 5.38. The first-order chi connectivity index (χ1) is 17.8. The van der Waals surface area contributed by atoms with E-state index in [0.717, 1.165) is 25.5 Å². The maximum atomic E-state index is 12.7. The van der Waals surface area contributed by atoms with Gasteiger partial charge < -0.3 is 31.1 Å². The standard InChI is InChI=1S/C19H31N3O2.C6H9NO3.C2H2.CH4O/c1-7-11-22(6)18(24)16(19(3,4)5)21-17(23)14-9-10-15(20)13(8-2)12-14;1-4(8)7-5-2-6(9)10-3-5;2*1-2/h9-10,12,16H,7-8,11,20H2,1-6H3,(H,21,23);5H,2-3H2,1H3,(H,7,8);1-2H;2H,1H3/t16-;5-;;/m10../s1. The van der Waals surface area contributed by atoms with E-state index in [0.29, 0.717) is 30.8 Å². The predicted octanol–water partition coefficient (Wildman–Crippen LogP) is 2.14. The summed E-state index contributed by atoms with van der Waals surface area (Å²) in [7, 11) is 2.77. The molecule has 2 rings (SSSR count). The van der Waals surface area contributed by atoms with Gasteiger partial charge in [0, 0.05) is 38.9 Å². The normalized spacial score (nSPS) is 14.5. The Balaban J connectivity index is 0. The zero-order chi connectivity index (χ0) is 30.1. The van der Waals surface area contributed by atoms with E-state index in [1.165, 1.54) is 6.92 Å². The molecule has 0 aliphatic carbocycles. The number of terminal acetylenes is 1. The maximum Gasteiger partial charge on any atom is 0.308 e. The summed E-state index contributed by atoms with van der Waals surface area (Å²) in [5.74, 6) is -0.672. The van der Waals surface area contributed by atoms with Gasteiger partial charge >= 0.3 is 5.97 Å². The first-order valence-electron chi connectivity index (χ1n) is 12.4. The molecule has 1 aromatic carbocycles. The van der Waals surface area contributed by atoms with Crippen LogP contribution in [-0.2, 0) is 25.5 Å². The lowest BCUT2D eigenvalue weighted by Gasteiger charge is -2.33. The SMILES string of the molecule is C#C.CC(=O)N[C@@H]1COC(=O)C1.CCCN(C)C(=O)[C@@H](NC(=O)c1ccc(N)c(CC)c1)C(C)(C)C.CO. The number of aliphatic hydroxyl groups excluding tert-OH is 1. The van der Waals surface area contributed by atoms with Gasteiger partial charge in [-0.25, -0.2) is 0 Å². The van der Waals surface area contributed by atoms with Gasteiger partial charge in [-0.3, -0.25) is 19.2 Å². The molecule has 0 unspecified atom stereocenters. The Morgan fingerprint density at radius 2 is 1.79 bits per heavy atom. The van der Waals surface area contributed by atoms with E-state index in [1.807, 2.05) is 34.6 Å². The molecule has 1 aromatic rings. The topological polar surface area (TPSA) is 151 Å². The number of aliphatic hydroxyl groups is 1. The number of likely N-dealkylation sites (N-methyl/N-ethyl adjacent to an activating group) is 1. The van der Waals surface area contributed by atoms with Gasteiger partial charge in [0.25, 0.3) is 5.91 Å². The van der Waals surface area contributed by atoms with Crippen molar-refractivity contribution in [2.45, 2.75) is 72.9 Å². The third kappa shape index (κ3) is 13.1. The minimum absolute atomic E-state index is 0.0659. The number of nitrogens with two attached hydrogens (primary N) is 1. The highest BCUT2D eigenvalue weighted by atomic mass is 16.5. The fraction of sp³-hybridized carbons (Fsp3) is 0.571. The van der Waals surface area contributed by atoms with Crippen molar-refractivity contribution >= 4 is 29.4 Å². The Labute approximate surface area is 227 Å². The summed E-state index contributed by atoms with van der Waals surface area (Å²) in [5, 5.41) is 12.5. The summed E-state index contributed by atoms with van der Waals surface area (Å²) >= 11 is 0. The number of hydrogen-bond acceptors (Lipinski definition) is 7. The Hall–Kier alpha value is -3.58. The van der Waals surface area contributed by atoms with Crippen LogP contribution in [0.4, 0.5) is 5.69 Å². The first kappa shape index (κ1) is 36.6. The monoisotopic (exact) mass is 534 g/mol. The summed E-state index contributed by atoms with van der Waals surface area (Å²) in [5.41, 5.74) is 7.66. The minimum Gasteiger partial charge on any atom is -0.463 e. The van der Waals surface area contributed by atoms with Crippen molar-refractivity contribution in [1.82, 2.24) is 15.5 Å².